The van der Waals surface area contributed by atoms with E-state index in [1.54, 1.807) is 18.2 Å². The summed E-state index contributed by atoms with van der Waals surface area (Å²) in [7, 11) is 0. The van der Waals surface area contributed by atoms with E-state index in [-0.39, 0.29) is 11.4 Å². The van der Waals surface area contributed by atoms with Crippen molar-refractivity contribution in [1.82, 2.24) is 0 Å². The molecule has 2 aliphatic rings. The number of rotatable bonds is 1. The molecule has 5 heteroatoms. The van der Waals surface area contributed by atoms with Crippen LogP contribution in [0.1, 0.15) is 24.2 Å². The highest BCUT2D eigenvalue weighted by molar-refractivity contribution is 9.10. The number of Topliss-reactive ketones (excluding diaryl/α,β-unsaturated/α-hetero) is 1. The van der Waals surface area contributed by atoms with Crippen LogP contribution in [0.4, 0.5) is 0 Å². The molecule has 1 aliphatic carbocycles. The van der Waals surface area contributed by atoms with Gasteiger partial charge in [0.05, 0.1) is 11.1 Å². The fourth-order valence-corrected chi connectivity index (χ4v) is 3.11. The van der Waals surface area contributed by atoms with Crippen LogP contribution in [-0.2, 0) is 4.79 Å². The maximum Gasteiger partial charge on any atom is 0.335 e. The Hall–Kier alpha value is -1.88. The summed E-state index contributed by atoms with van der Waals surface area (Å²) < 4.78 is 6.74. The molecular weight excluding hydrogens is 336 g/mol. The summed E-state index contributed by atoms with van der Waals surface area (Å²) in [4.78, 5) is 23.9. The van der Waals surface area contributed by atoms with Crippen LogP contribution >= 0.6 is 15.9 Å². The normalized spacial score (nSPS) is 22.4. The minimum absolute atomic E-state index is 0.127. The largest absolute Gasteiger partial charge is 0.484 e. The van der Waals surface area contributed by atoms with Gasteiger partial charge in [0, 0.05) is 15.5 Å². The van der Waals surface area contributed by atoms with E-state index in [2.05, 4.69) is 15.9 Å². The molecule has 0 fully saturated rings. The van der Waals surface area contributed by atoms with Crippen LogP contribution in [0.25, 0.3) is 0 Å². The molecule has 1 aliphatic heterocycles. The summed E-state index contributed by atoms with van der Waals surface area (Å²) in [5.41, 5.74) is 0.402. The third kappa shape index (κ3) is 2.21. The van der Waals surface area contributed by atoms with Crippen molar-refractivity contribution in [2.75, 3.05) is 0 Å². The molecule has 1 N–H and O–H groups in total. The van der Waals surface area contributed by atoms with Gasteiger partial charge in [0.1, 0.15) is 11.9 Å². The second-order valence-corrected chi connectivity index (χ2v) is 6.71. The van der Waals surface area contributed by atoms with Gasteiger partial charge in [-0.3, -0.25) is 4.79 Å². The van der Waals surface area contributed by atoms with Crippen molar-refractivity contribution in [3.05, 3.63) is 51.5 Å². The zero-order valence-electron chi connectivity index (χ0n) is 11.5. The molecule has 0 aromatic heterocycles. The van der Waals surface area contributed by atoms with E-state index in [4.69, 9.17) is 4.74 Å². The first-order chi connectivity index (χ1) is 9.79. The second kappa shape index (κ2) is 4.56. The minimum atomic E-state index is -1.04. The monoisotopic (exact) mass is 348 g/mol. The quantitative estimate of drug-likeness (QED) is 0.844. The van der Waals surface area contributed by atoms with Gasteiger partial charge in [-0.1, -0.05) is 35.9 Å². The topological polar surface area (TPSA) is 63.6 Å². The highest BCUT2D eigenvalue weighted by Crippen LogP contribution is 2.43. The van der Waals surface area contributed by atoms with Crippen molar-refractivity contribution in [2.45, 2.75) is 20.0 Å². The van der Waals surface area contributed by atoms with Crippen LogP contribution in [-0.4, -0.2) is 23.0 Å². The van der Waals surface area contributed by atoms with Crippen molar-refractivity contribution in [1.29, 1.82) is 0 Å². The number of carbonyl (C=O) groups is 2. The molecule has 21 heavy (non-hydrogen) atoms. The summed E-state index contributed by atoms with van der Waals surface area (Å²) >= 11 is 3.33. The highest BCUT2D eigenvalue weighted by Gasteiger charge is 2.43. The average Bonchev–Trinajstić information content (AvgIpc) is 2.40. The van der Waals surface area contributed by atoms with Gasteiger partial charge in [0.2, 0.25) is 0 Å². The zero-order valence-corrected chi connectivity index (χ0v) is 13.1. The Morgan fingerprint density at radius 1 is 1.38 bits per heavy atom. The number of halogens is 1. The Bertz CT molecular complexity index is 728. The van der Waals surface area contributed by atoms with Crippen molar-refractivity contribution < 1.29 is 19.4 Å². The van der Waals surface area contributed by atoms with Crippen LogP contribution < -0.4 is 4.74 Å². The summed E-state index contributed by atoms with van der Waals surface area (Å²) in [6.45, 7) is 3.73. The number of ether oxygens (including phenoxy) is 1. The first-order valence-electron chi connectivity index (χ1n) is 6.48. The maximum absolute atomic E-state index is 12.7. The van der Waals surface area contributed by atoms with Crippen LogP contribution in [0.15, 0.2) is 46.0 Å². The van der Waals surface area contributed by atoms with Crippen molar-refractivity contribution in [3.63, 3.8) is 0 Å². The van der Waals surface area contributed by atoms with Crippen LogP contribution in [0, 0.1) is 5.41 Å². The maximum atomic E-state index is 12.7. The summed E-state index contributed by atoms with van der Waals surface area (Å²) in [6.07, 6.45) is 2.59. The zero-order chi connectivity index (χ0) is 15.4. The number of fused-ring (bicyclic) bond motifs is 2. The molecule has 0 saturated heterocycles. The molecule has 1 heterocycles. The molecule has 1 aromatic carbocycles. The van der Waals surface area contributed by atoms with Crippen molar-refractivity contribution in [2.24, 2.45) is 5.41 Å². The third-order valence-electron chi connectivity index (χ3n) is 3.74. The van der Waals surface area contributed by atoms with Crippen molar-refractivity contribution >= 4 is 27.7 Å². The first kappa shape index (κ1) is 14.1. The molecule has 0 spiro atoms. The molecule has 0 saturated carbocycles. The van der Waals surface area contributed by atoms with Gasteiger partial charge in [0.25, 0.3) is 0 Å². The van der Waals surface area contributed by atoms with Gasteiger partial charge in [-0.2, -0.15) is 0 Å². The smallest absolute Gasteiger partial charge is 0.335 e. The third-order valence-corrected chi connectivity index (χ3v) is 4.23. The number of benzene rings is 1. The molecule has 0 bridgehead atoms. The Kier molecular flexibility index (Phi) is 3.06. The van der Waals surface area contributed by atoms with Crippen LogP contribution in [0.3, 0.4) is 0 Å². The lowest BCUT2D eigenvalue weighted by atomic mass is 9.73. The van der Waals surface area contributed by atoms with Gasteiger partial charge in [-0.05, 0) is 24.3 Å². The van der Waals surface area contributed by atoms with Gasteiger partial charge in [0.15, 0.2) is 5.78 Å². The number of ketones is 1. The summed E-state index contributed by atoms with van der Waals surface area (Å²) in [5.74, 6) is -0.685. The van der Waals surface area contributed by atoms with E-state index < -0.39 is 17.5 Å². The Labute approximate surface area is 130 Å². The standard InChI is InChI=1S/C16H13BrO4/c1-16(2)7-8(15(19)20)5-11-13(18)10-6-9(17)3-4-12(10)21-14(11)16/h3-7,14H,1-2H3,(H,19,20). The number of aliphatic carboxylic acids is 1. The lowest BCUT2D eigenvalue weighted by molar-refractivity contribution is -0.132. The lowest BCUT2D eigenvalue weighted by Gasteiger charge is -2.39. The predicted molar refractivity (Wildman–Crippen MR) is 80.5 cm³/mol. The number of hydrogen-bond donors (Lipinski definition) is 1. The molecule has 3 rings (SSSR count). The molecule has 0 radical (unpaired) electrons. The summed E-state index contributed by atoms with van der Waals surface area (Å²) in [6, 6.07) is 5.26. The molecular formula is C16H13BrO4. The average molecular weight is 349 g/mol. The molecule has 4 nitrogen and oxygen atoms in total. The van der Waals surface area contributed by atoms with Crippen LogP contribution in [0.2, 0.25) is 0 Å². The van der Waals surface area contributed by atoms with Gasteiger partial charge in [-0.15, -0.1) is 0 Å². The van der Waals surface area contributed by atoms with Crippen molar-refractivity contribution in [3.8, 4) is 5.75 Å². The van der Waals surface area contributed by atoms with E-state index in [1.165, 1.54) is 6.08 Å². The van der Waals surface area contributed by atoms with E-state index in [0.717, 1.165) is 4.47 Å². The Morgan fingerprint density at radius 2 is 2.10 bits per heavy atom. The fraction of sp³-hybridized carbons (Fsp3) is 0.250. The SMILES string of the molecule is CC1(C)C=C(C(=O)O)C=C2C(=O)c3cc(Br)ccc3OC21. The molecule has 1 unspecified atom stereocenters. The Morgan fingerprint density at radius 3 is 2.76 bits per heavy atom. The fourth-order valence-electron chi connectivity index (χ4n) is 2.75. The number of carboxylic acid groups (broad SMARTS) is 1. The minimum Gasteiger partial charge on any atom is -0.484 e. The second-order valence-electron chi connectivity index (χ2n) is 5.79. The molecule has 0 amide bonds. The highest BCUT2D eigenvalue weighted by atomic mass is 79.9. The van der Waals surface area contributed by atoms with Gasteiger partial charge in [-0.25, -0.2) is 4.79 Å². The van der Waals surface area contributed by atoms with Crippen LogP contribution in [0.5, 0.6) is 5.75 Å². The van der Waals surface area contributed by atoms with E-state index >= 15 is 0 Å². The molecule has 108 valence electrons. The number of hydrogen-bond acceptors (Lipinski definition) is 3. The molecule has 1 atom stereocenters. The first-order valence-corrected chi connectivity index (χ1v) is 7.27. The van der Waals surface area contributed by atoms with Gasteiger partial charge >= 0.3 is 5.97 Å². The molecule has 1 aromatic rings. The summed E-state index contributed by atoms with van der Waals surface area (Å²) in [5, 5.41) is 9.21. The van der Waals surface area contributed by atoms with Gasteiger partial charge < -0.3 is 9.84 Å². The number of carbonyl (C=O) groups excluding carboxylic acids is 1. The predicted octanol–water partition coefficient (Wildman–Crippen LogP) is 3.37. The lowest BCUT2D eigenvalue weighted by Crippen LogP contribution is -2.43. The van der Waals surface area contributed by atoms with E-state index in [0.29, 0.717) is 16.9 Å². The van der Waals surface area contributed by atoms with E-state index in [9.17, 15) is 14.7 Å². The van der Waals surface area contributed by atoms with E-state index in [1.807, 2.05) is 19.9 Å². The Balaban J connectivity index is 2.17. The number of carboxylic acids is 1.